The van der Waals surface area contributed by atoms with Gasteiger partial charge in [0.25, 0.3) is 0 Å². The lowest BCUT2D eigenvalue weighted by molar-refractivity contribution is 0.0982. The first-order chi connectivity index (χ1) is 9.65. The lowest BCUT2D eigenvalue weighted by Gasteiger charge is -2.40. The van der Waals surface area contributed by atoms with Crippen molar-refractivity contribution < 1.29 is 4.74 Å². The van der Waals surface area contributed by atoms with Crippen LogP contribution in [0.4, 0.5) is 0 Å². The molecule has 0 radical (unpaired) electrons. The van der Waals surface area contributed by atoms with Crippen molar-refractivity contribution >= 4 is 0 Å². The average molecular weight is 276 g/mol. The van der Waals surface area contributed by atoms with Crippen LogP contribution >= 0.6 is 0 Å². The first-order valence-corrected chi connectivity index (χ1v) is 7.82. The predicted molar refractivity (Wildman–Crippen MR) is 83.9 cm³/mol. The number of nitrogens with two attached hydrogens (primary N) is 1. The topological polar surface area (TPSA) is 38.5 Å². The molecule has 0 aromatic heterocycles. The molecule has 3 nitrogen and oxygen atoms in total. The minimum Gasteiger partial charge on any atom is -0.494 e. The van der Waals surface area contributed by atoms with Crippen LogP contribution in [0.2, 0.25) is 0 Å². The van der Waals surface area contributed by atoms with Gasteiger partial charge in [0.05, 0.1) is 6.61 Å². The third kappa shape index (κ3) is 3.53. The number of nitrogens with zero attached hydrogens (tertiary/aromatic N) is 1. The summed E-state index contributed by atoms with van der Waals surface area (Å²) in [4.78, 5) is 2.54. The molecule has 1 heterocycles. The molecule has 1 fully saturated rings. The first-order valence-electron chi connectivity index (χ1n) is 7.82. The van der Waals surface area contributed by atoms with Gasteiger partial charge < -0.3 is 10.5 Å². The maximum absolute atomic E-state index is 6.06. The number of ether oxygens (including phenoxy) is 1. The third-order valence-corrected chi connectivity index (χ3v) is 4.58. The molecule has 2 rings (SSSR count). The summed E-state index contributed by atoms with van der Waals surface area (Å²) in [5, 5.41) is 0. The average Bonchev–Trinajstić information content (AvgIpc) is 2.44. The fourth-order valence-electron chi connectivity index (χ4n) is 3.05. The van der Waals surface area contributed by atoms with E-state index in [1.165, 1.54) is 12.0 Å². The van der Waals surface area contributed by atoms with Crippen molar-refractivity contribution in [3.8, 4) is 5.75 Å². The van der Waals surface area contributed by atoms with Crippen LogP contribution in [0.15, 0.2) is 24.3 Å². The minimum atomic E-state index is 0.311. The van der Waals surface area contributed by atoms with E-state index in [0.717, 1.165) is 30.7 Å². The number of likely N-dealkylation sites (tertiary alicyclic amines) is 1. The molecule has 112 valence electrons. The van der Waals surface area contributed by atoms with Crippen molar-refractivity contribution in [2.45, 2.75) is 33.2 Å². The second-order valence-electron chi connectivity index (χ2n) is 6.00. The molecule has 0 aliphatic carbocycles. The van der Waals surface area contributed by atoms with E-state index in [1.807, 2.05) is 13.0 Å². The smallest absolute Gasteiger partial charge is 0.119 e. The summed E-state index contributed by atoms with van der Waals surface area (Å²) < 4.78 is 5.61. The van der Waals surface area contributed by atoms with Crippen LogP contribution in [0.25, 0.3) is 0 Å². The molecule has 3 atom stereocenters. The molecule has 1 aromatic carbocycles. The molecule has 3 unspecified atom stereocenters. The van der Waals surface area contributed by atoms with Gasteiger partial charge in [-0.1, -0.05) is 26.0 Å². The Kier molecular flexibility index (Phi) is 5.44. The van der Waals surface area contributed by atoms with Crippen LogP contribution in [0.1, 0.15) is 38.8 Å². The number of piperidine rings is 1. The molecule has 0 spiro atoms. The quantitative estimate of drug-likeness (QED) is 0.898. The van der Waals surface area contributed by atoms with Crippen LogP contribution in [0, 0.1) is 11.8 Å². The van der Waals surface area contributed by atoms with Gasteiger partial charge in [0.15, 0.2) is 0 Å². The third-order valence-electron chi connectivity index (χ3n) is 4.58. The van der Waals surface area contributed by atoms with Crippen LogP contribution < -0.4 is 10.5 Å². The maximum Gasteiger partial charge on any atom is 0.119 e. The Bertz CT molecular complexity index is 421. The van der Waals surface area contributed by atoms with Crippen LogP contribution in [-0.2, 0) is 0 Å². The largest absolute Gasteiger partial charge is 0.494 e. The molecule has 1 aromatic rings. The lowest BCUT2D eigenvalue weighted by atomic mass is 9.87. The second-order valence-corrected chi connectivity index (χ2v) is 6.00. The lowest BCUT2D eigenvalue weighted by Crippen LogP contribution is -2.43. The summed E-state index contributed by atoms with van der Waals surface area (Å²) in [6.07, 6.45) is 1.27. The van der Waals surface area contributed by atoms with Gasteiger partial charge in [0.1, 0.15) is 5.75 Å². The molecular formula is C17H28N2O. The maximum atomic E-state index is 6.06. The molecule has 20 heavy (non-hydrogen) atoms. The number of rotatable bonds is 5. The number of hydrogen-bond acceptors (Lipinski definition) is 3. The van der Waals surface area contributed by atoms with Gasteiger partial charge in [0.2, 0.25) is 0 Å². The summed E-state index contributed by atoms with van der Waals surface area (Å²) in [7, 11) is 0. The van der Waals surface area contributed by atoms with Crippen molar-refractivity contribution in [2.24, 2.45) is 17.6 Å². The fourth-order valence-corrected chi connectivity index (χ4v) is 3.05. The predicted octanol–water partition coefficient (Wildman–Crippen LogP) is 3.06. The molecule has 0 bridgehead atoms. The van der Waals surface area contributed by atoms with Crippen LogP contribution in [0.5, 0.6) is 5.75 Å². The molecule has 0 amide bonds. The van der Waals surface area contributed by atoms with E-state index in [1.54, 1.807) is 0 Å². The summed E-state index contributed by atoms with van der Waals surface area (Å²) in [6, 6.07) is 8.71. The number of benzene rings is 1. The summed E-state index contributed by atoms with van der Waals surface area (Å²) >= 11 is 0. The highest BCUT2D eigenvalue weighted by atomic mass is 16.5. The Hall–Kier alpha value is -1.06. The Labute approximate surface area is 123 Å². The van der Waals surface area contributed by atoms with Crippen molar-refractivity contribution in [2.75, 3.05) is 26.2 Å². The Balaban J connectivity index is 2.13. The zero-order chi connectivity index (χ0) is 14.5. The van der Waals surface area contributed by atoms with Crippen LogP contribution in [-0.4, -0.2) is 31.1 Å². The summed E-state index contributed by atoms with van der Waals surface area (Å²) in [5.74, 6) is 2.51. The van der Waals surface area contributed by atoms with Gasteiger partial charge in [0, 0.05) is 19.1 Å². The highest BCUT2D eigenvalue weighted by Crippen LogP contribution is 2.30. The fraction of sp³-hybridized carbons (Fsp3) is 0.647. The van der Waals surface area contributed by atoms with Gasteiger partial charge in [-0.2, -0.15) is 0 Å². The van der Waals surface area contributed by atoms with Crippen molar-refractivity contribution in [1.29, 1.82) is 0 Å². The van der Waals surface area contributed by atoms with E-state index in [9.17, 15) is 0 Å². The first kappa shape index (κ1) is 15.3. The molecular weight excluding hydrogens is 248 g/mol. The second kappa shape index (κ2) is 7.09. The van der Waals surface area contributed by atoms with Gasteiger partial charge in [-0.15, -0.1) is 0 Å². The summed E-state index contributed by atoms with van der Waals surface area (Å²) in [5.41, 5.74) is 7.34. The van der Waals surface area contributed by atoms with Gasteiger partial charge in [-0.3, -0.25) is 4.90 Å². The number of hydrogen-bond donors (Lipinski definition) is 1. The van der Waals surface area contributed by atoms with Gasteiger partial charge in [-0.05, 0) is 49.4 Å². The van der Waals surface area contributed by atoms with E-state index in [-0.39, 0.29) is 0 Å². The highest BCUT2D eigenvalue weighted by Gasteiger charge is 2.28. The van der Waals surface area contributed by atoms with E-state index < -0.39 is 0 Å². The van der Waals surface area contributed by atoms with Crippen molar-refractivity contribution in [3.05, 3.63) is 29.8 Å². The standard InChI is InChI=1S/C17H28N2O/c1-4-20-16-7-5-6-15(10-16)17(11-18)19-9-8-13(2)14(3)12-19/h5-7,10,13-14,17H,4,8-9,11-12,18H2,1-3H3. The Morgan fingerprint density at radius 2 is 2.15 bits per heavy atom. The molecule has 1 aliphatic rings. The van der Waals surface area contributed by atoms with E-state index in [4.69, 9.17) is 10.5 Å². The van der Waals surface area contributed by atoms with Crippen molar-refractivity contribution in [3.63, 3.8) is 0 Å². The highest BCUT2D eigenvalue weighted by molar-refractivity contribution is 5.31. The van der Waals surface area contributed by atoms with Gasteiger partial charge in [-0.25, -0.2) is 0 Å². The van der Waals surface area contributed by atoms with Crippen molar-refractivity contribution in [1.82, 2.24) is 4.90 Å². The van der Waals surface area contributed by atoms with Crippen LogP contribution in [0.3, 0.4) is 0 Å². The zero-order valence-corrected chi connectivity index (χ0v) is 13.0. The van der Waals surface area contributed by atoms with Gasteiger partial charge >= 0.3 is 0 Å². The normalized spacial score (nSPS) is 25.4. The van der Waals surface area contributed by atoms with E-state index >= 15 is 0 Å². The zero-order valence-electron chi connectivity index (χ0n) is 13.0. The molecule has 1 aliphatic heterocycles. The molecule has 1 saturated heterocycles. The molecule has 0 saturated carbocycles. The van der Waals surface area contributed by atoms with E-state index in [0.29, 0.717) is 19.2 Å². The molecule has 2 N–H and O–H groups in total. The minimum absolute atomic E-state index is 0.311. The monoisotopic (exact) mass is 276 g/mol. The SMILES string of the molecule is CCOc1cccc(C(CN)N2CCC(C)C(C)C2)c1. The Morgan fingerprint density at radius 1 is 1.35 bits per heavy atom. The summed E-state index contributed by atoms with van der Waals surface area (Å²) in [6.45, 7) is 10.4. The Morgan fingerprint density at radius 3 is 2.80 bits per heavy atom. The molecule has 3 heteroatoms. The van der Waals surface area contributed by atoms with E-state index in [2.05, 4.69) is 36.9 Å².